The lowest BCUT2D eigenvalue weighted by atomic mass is 9.90. The molecule has 1 atom stereocenters. The smallest absolute Gasteiger partial charge is 0.0564 e. The zero-order valence-corrected chi connectivity index (χ0v) is 22.3. The minimum atomic E-state index is 0.0609. The molecule has 1 aliphatic heterocycles. The van der Waals surface area contributed by atoms with E-state index in [9.17, 15) is 0 Å². The van der Waals surface area contributed by atoms with E-state index in [0.29, 0.717) is 12.0 Å². The molecule has 3 heterocycles. The third-order valence-electron chi connectivity index (χ3n) is 7.35. The Balaban J connectivity index is 1.36. The van der Waals surface area contributed by atoms with Gasteiger partial charge in [0.05, 0.1) is 11.4 Å². The molecule has 34 heavy (non-hydrogen) atoms. The van der Waals surface area contributed by atoms with E-state index >= 15 is 0 Å². The number of likely N-dealkylation sites (tertiary alicyclic amines) is 1. The predicted octanol–water partition coefficient (Wildman–Crippen LogP) is 5.31. The third kappa shape index (κ3) is 7.95. The maximum atomic E-state index is 4.61. The van der Waals surface area contributed by atoms with Crippen molar-refractivity contribution in [1.29, 1.82) is 0 Å². The van der Waals surface area contributed by atoms with Crippen LogP contribution in [0.2, 0.25) is 0 Å². The van der Waals surface area contributed by atoms with Gasteiger partial charge in [-0.05, 0) is 82.8 Å². The highest BCUT2D eigenvalue weighted by Crippen LogP contribution is 2.25. The van der Waals surface area contributed by atoms with Crippen molar-refractivity contribution in [2.75, 3.05) is 37.4 Å². The number of hydrogen-bond donors (Lipinski definition) is 2. The molecule has 1 unspecified atom stereocenters. The molecule has 0 aliphatic carbocycles. The zero-order chi connectivity index (χ0) is 24.6. The summed E-state index contributed by atoms with van der Waals surface area (Å²) in [5, 5.41) is 7.24. The summed E-state index contributed by atoms with van der Waals surface area (Å²) >= 11 is 0. The molecule has 3 rings (SSSR count). The normalized spacial score (nSPS) is 16.9. The van der Waals surface area contributed by atoms with Crippen molar-refractivity contribution >= 4 is 11.4 Å². The topological polar surface area (TPSA) is 56.3 Å². The predicted molar refractivity (Wildman–Crippen MR) is 144 cm³/mol. The van der Waals surface area contributed by atoms with Gasteiger partial charge in [-0.25, -0.2) is 0 Å². The van der Waals surface area contributed by atoms with Crippen LogP contribution in [-0.2, 0) is 13.1 Å². The lowest BCUT2D eigenvalue weighted by Gasteiger charge is -2.31. The average Bonchev–Trinajstić information content (AvgIpc) is 3.23. The fourth-order valence-electron chi connectivity index (χ4n) is 4.48. The van der Waals surface area contributed by atoms with Crippen LogP contribution in [0.5, 0.6) is 0 Å². The van der Waals surface area contributed by atoms with Gasteiger partial charge in [-0.1, -0.05) is 20.3 Å². The summed E-state index contributed by atoms with van der Waals surface area (Å²) in [7, 11) is 4.17. The molecule has 0 radical (unpaired) electrons. The molecule has 1 fully saturated rings. The molecule has 0 amide bonds. The van der Waals surface area contributed by atoms with Gasteiger partial charge in [0.25, 0.3) is 0 Å². The summed E-state index contributed by atoms with van der Waals surface area (Å²) < 4.78 is 0. The zero-order valence-electron chi connectivity index (χ0n) is 22.3. The SMILES string of the molecule is CC(C)C(C)(C)Nc1ccnc(CNCCCCC2CCCN2Cc2cc(N(C)C)ccn2)c1. The second-order valence-corrected chi connectivity index (χ2v) is 10.9. The first-order valence-corrected chi connectivity index (χ1v) is 13.0. The molecule has 2 N–H and O–H groups in total. The summed E-state index contributed by atoms with van der Waals surface area (Å²) in [6.45, 7) is 13.0. The molecule has 0 bridgehead atoms. The van der Waals surface area contributed by atoms with Gasteiger partial charge in [-0.15, -0.1) is 0 Å². The van der Waals surface area contributed by atoms with Crippen molar-refractivity contribution in [3.8, 4) is 0 Å². The highest BCUT2D eigenvalue weighted by atomic mass is 15.2. The Morgan fingerprint density at radius 2 is 1.85 bits per heavy atom. The van der Waals surface area contributed by atoms with Crippen LogP contribution in [-0.4, -0.2) is 53.6 Å². The monoisotopic (exact) mass is 466 g/mol. The molecule has 2 aromatic rings. The van der Waals surface area contributed by atoms with Gasteiger partial charge >= 0.3 is 0 Å². The maximum absolute atomic E-state index is 4.61. The van der Waals surface area contributed by atoms with Crippen LogP contribution in [0.25, 0.3) is 0 Å². The van der Waals surface area contributed by atoms with Gasteiger partial charge in [0.2, 0.25) is 0 Å². The minimum absolute atomic E-state index is 0.0609. The number of nitrogens with one attached hydrogen (secondary N) is 2. The van der Waals surface area contributed by atoms with Gasteiger partial charge in [0.15, 0.2) is 0 Å². The van der Waals surface area contributed by atoms with Crippen molar-refractivity contribution in [1.82, 2.24) is 20.2 Å². The van der Waals surface area contributed by atoms with Crippen LogP contribution in [0.15, 0.2) is 36.7 Å². The highest BCUT2D eigenvalue weighted by Gasteiger charge is 2.24. The van der Waals surface area contributed by atoms with Crippen molar-refractivity contribution in [2.45, 2.75) is 84.5 Å². The van der Waals surface area contributed by atoms with Gasteiger partial charge in [-0.2, -0.15) is 0 Å². The minimum Gasteiger partial charge on any atom is -0.380 e. The number of unbranched alkanes of at least 4 members (excludes halogenated alkanes) is 1. The van der Waals surface area contributed by atoms with E-state index in [1.165, 1.54) is 50.0 Å². The van der Waals surface area contributed by atoms with Crippen LogP contribution in [0.4, 0.5) is 11.4 Å². The molecule has 188 valence electrons. The van der Waals surface area contributed by atoms with Crippen LogP contribution in [0.1, 0.15) is 71.2 Å². The maximum Gasteiger partial charge on any atom is 0.0564 e. The summed E-state index contributed by atoms with van der Waals surface area (Å²) in [4.78, 5) is 13.9. The van der Waals surface area contributed by atoms with Gasteiger partial charge in [0, 0.05) is 62.5 Å². The Hall–Kier alpha value is -2.18. The molecule has 0 spiro atoms. The van der Waals surface area contributed by atoms with Crippen molar-refractivity contribution in [3.05, 3.63) is 48.0 Å². The van der Waals surface area contributed by atoms with E-state index in [4.69, 9.17) is 0 Å². The first-order chi connectivity index (χ1) is 16.2. The van der Waals surface area contributed by atoms with Crippen LogP contribution < -0.4 is 15.5 Å². The third-order valence-corrected chi connectivity index (χ3v) is 7.35. The van der Waals surface area contributed by atoms with Gasteiger partial charge in [-0.3, -0.25) is 14.9 Å². The second-order valence-electron chi connectivity index (χ2n) is 10.9. The number of nitrogens with zero attached hydrogens (tertiary/aromatic N) is 4. The van der Waals surface area contributed by atoms with Crippen molar-refractivity contribution in [2.24, 2.45) is 5.92 Å². The first kappa shape index (κ1) is 26.4. The first-order valence-electron chi connectivity index (χ1n) is 13.0. The quantitative estimate of drug-likeness (QED) is 0.390. The highest BCUT2D eigenvalue weighted by molar-refractivity contribution is 5.46. The number of aromatic nitrogens is 2. The molecule has 6 heteroatoms. The number of pyridine rings is 2. The lowest BCUT2D eigenvalue weighted by Crippen LogP contribution is -2.36. The molecule has 1 saturated heterocycles. The lowest BCUT2D eigenvalue weighted by molar-refractivity contribution is 0.228. The number of hydrogen-bond acceptors (Lipinski definition) is 6. The second kappa shape index (κ2) is 12.5. The van der Waals surface area contributed by atoms with E-state index in [1.807, 2.05) is 12.4 Å². The molecular weight excluding hydrogens is 420 g/mol. The van der Waals surface area contributed by atoms with Gasteiger partial charge in [0.1, 0.15) is 0 Å². The summed E-state index contributed by atoms with van der Waals surface area (Å²) in [6.07, 6.45) is 10.2. The molecule has 2 aromatic heterocycles. The standard InChI is InChI=1S/C28H46N6/c1-22(2)28(3,4)32-23-12-15-30-24(18-23)20-29-14-8-7-10-26-11-9-17-34(26)21-25-19-27(33(5)6)13-16-31-25/h12-13,15-16,18-19,22,26,29H,7-11,14,17,20-21H2,1-6H3,(H,30,32). The molecule has 6 nitrogen and oxygen atoms in total. The van der Waals surface area contributed by atoms with E-state index in [0.717, 1.165) is 31.0 Å². The fraction of sp³-hybridized carbons (Fsp3) is 0.643. The molecule has 0 saturated carbocycles. The van der Waals surface area contributed by atoms with Crippen LogP contribution in [0.3, 0.4) is 0 Å². The fourth-order valence-corrected chi connectivity index (χ4v) is 4.48. The van der Waals surface area contributed by atoms with Crippen molar-refractivity contribution in [3.63, 3.8) is 0 Å². The Morgan fingerprint density at radius 1 is 1.09 bits per heavy atom. The van der Waals surface area contributed by atoms with Crippen molar-refractivity contribution < 1.29 is 0 Å². The molecular formula is C28H46N6. The Kier molecular flexibility index (Phi) is 9.72. The van der Waals surface area contributed by atoms with E-state index in [2.05, 4.69) is 96.5 Å². The Labute approximate surface area is 207 Å². The Morgan fingerprint density at radius 3 is 2.62 bits per heavy atom. The average molecular weight is 467 g/mol. The Bertz CT molecular complexity index is 879. The summed E-state index contributed by atoms with van der Waals surface area (Å²) in [5.74, 6) is 0.553. The van der Waals surface area contributed by atoms with E-state index in [-0.39, 0.29) is 5.54 Å². The van der Waals surface area contributed by atoms with E-state index < -0.39 is 0 Å². The number of rotatable bonds is 13. The summed E-state index contributed by atoms with van der Waals surface area (Å²) in [6, 6.07) is 9.23. The van der Waals surface area contributed by atoms with Crippen LogP contribution >= 0.6 is 0 Å². The summed E-state index contributed by atoms with van der Waals surface area (Å²) in [5.41, 5.74) is 4.72. The molecule has 1 aliphatic rings. The van der Waals surface area contributed by atoms with E-state index in [1.54, 1.807) is 0 Å². The largest absolute Gasteiger partial charge is 0.380 e. The molecule has 0 aromatic carbocycles. The van der Waals surface area contributed by atoms with Gasteiger partial charge < -0.3 is 15.5 Å². The van der Waals surface area contributed by atoms with Crippen LogP contribution in [0, 0.1) is 5.92 Å². The number of anilines is 2.